The summed E-state index contributed by atoms with van der Waals surface area (Å²) in [6, 6.07) is 0. The number of methoxy groups -OCH3 is 1. The second-order valence-corrected chi connectivity index (χ2v) is 5.18. The molecule has 1 aliphatic rings. The molecule has 0 amide bonds. The van der Waals surface area contributed by atoms with E-state index in [1.54, 1.807) is 19.1 Å². The van der Waals surface area contributed by atoms with Crippen molar-refractivity contribution in [2.45, 2.75) is 51.4 Å². The van der Waals surface area contributed by atoms with E-state index in [9.17, 15) is 9.59 Å². The van der Waals surface area contributed by atoms with Crippen molar-refractivity contribution in [2.24, 2.45) is 0 Å². The fourth-order valence-electron chi connectivity index (χ4n) is 1.91. The highest BCUT2D eigenvalue weighted by molar-refractivity contribution is 5.82. The summed E-state index contributed by atoms with van der Waals surface area (Å²) in [4.78, 5) is 23.3. The number of carbonyl (C=O) groups is 2. The average Bonchev–Trinajstić information content (AvgIpc) is 2.45. The average molecular weight is 312 g/mol. The number of carbonyl (C=O) groups excluding carboxylic acids is 2. The standard InChI is InChI=1S/C16H24O6/c1-12-5-4-6-15(17)22-13(2)7-8-14(20-11-19-3)9-10-16(18)21-12/h4,6,9-10,12-14H,5,7-8,11H2,1-3H3/b6-4+,10-9+/t12-,13-,14-/m1/s1. The van der Waals surface area contributed by atoms with Gasteiger partial charge in [0.05, 0.1) is 12.2 Å². The van der Waals surface area contributed by atoms with Crippen LogP contribution in [0, 0.1) is 0 Å². The fourth-order valence-corrected chi connectivity index (χ4v) is 1.91. The van der Waals surface area contributed by atoms with Crippen molar-refractivity contribution in [3.8, 4) is 0 Å². The highest BCUT2D eigenvalue weighted by Crippen LogP contribution is 2.11. The lowest BCUT2D eigenvalue weighted by atomic mass is 10.1. The van der Waals surface area contributed by atoms with Crippen LogP contribution in [0.15, 0.2) is 24.3 Å². The Labute approximate surface area is 131 Å². The van der Waals surface area contributed by atoms with Gasteiger partial charge in [-0.3, -0.25) is 0 Å². The van der Waals surface area contributed by atoms with E-state index in [1.165, 1.54) is 19.3 Å². The second kappa shape index (κ2) is 10.1. The Morgan fingerprint density at radius 3 is 2.50 bits per heavy atom. The number of hydrogen-bond acceptors (Lipinski definition) is 6. The zero-order valence-electron chi connectivity index (χ0n) is 13.3. The quantitative estimate of drug-likeness (QED) is 0.587. The van der Waals surface area contributed by atoms with Gasteiger partial charge in [0.1, 0.15) is 12.9 Å². The summed E-state index contributed by atoms with van der Waals surface area (Å²) in [6.07, 6.45) is 6.83. The van der Waals surface area contributed by atoms with E-state index in [1.807, 2.05) is 6.92 Å². The Balaban J connectivity index is 2.74. The molecule has 6 nitrogen and oxygen atoms in total. The molecule has 0 bridgehead atoms. The molecule has 0 N–H and O–H groups in total. The molecule has 0 radical (unpaired) electrons. The molecule has 0 unspecified atom stereocenters. The fraction of sp³-hybridized carbons (Fsp3) is 0.625. The SMILES string of the molecule is COCO[C@H]1/C=C/C(=O)O[C@H](C)C/C=C/C(=O)O[C@H](C)CC1. The lowest BCUT2D eigenvalue weighted by Crippen LogP contribution is -2.19. The molecule has 1 rings (SSSR count). The lowest BCUT2D eigenvalue weighted by molar-refractivity contribution is -0.143. The van der Waals surface area contributed by atoms with Crippen molar-refractivity contribution >= 4 is 11.9 Å². The molecule has 0 fully saturated rings. The van der Waals surface area contributed by atoms with Crippen LogP contribution in [0.4, 0.5) is 0 Å². The zero-order valence-corrected chi connectivity index (χ0v) is 13.3. The topological polar surface area (TPSA) is 71.1 Å². The van der Waals surface area contributed by atoms with Gasteiger partial charge in [-0.2, -0.15) is 0 Å². The summed E-state index contributed by atoms with van der Waals surface area (Å²) < 4.78 is 20.8. The summed E-state index contributed by atoms with van der Waals surface area (Å²) in [5.74, 6) is -0.826. The molecule has 0 aromatic rings. The van der Waals surface area contributed by atoms with Gasteiger partial charge in [-0.1, -0.05) is 6.08 Å². The first-order chi connectivity index (χ1) is 10.5. The molecule has 0 saturated carbocycles. The molecule has 0 aliphatic carbocycles. The third-order valence-corrected chi connectivity index (χ3v) is 3.06. The van der Waals surface area contributed by atoms with Gasteiger partial charge in [0, 0.05) is 25.7 Å². The maximum atomic E-state index is 11.7. The monoisotopic (exact) mass is 312 g/mol. The molecule has 1 aliphatic heterocycles. The summed E-state index contributed by atoms with van der Waals surface area (Å²) in [6.45, 7) is 3.71. The van der Waals surface area contributed by atoms with E-state index >= 15 is 0 Å². The summed E-state index contributed by atoms with van der Waals surface area (Å²) in [5, 5.41) is 0. The highest BCUT2D eigenvalue weighted by Gasteiger charge is 2.14. The van der Waals surface area contributed by atoms with Crippen LogP contribution in [-0.2, 0) is 28.5 Å². The normalized spacial score (nSPS) is 30.8. The van der Waals surface area contributed by atoms with Gasteiger partial charge in [0.15, 0.2) is 0 Å². The smallest absolute Gasteiger partial charge is 0.330 e. The van der Waals surface area contributed by atoms with Gasteiger partial charge in [0.25, 0.3) is 0 Å². The van der Waals surface area contributed by atoms with E-state index in [2.05, 4.69) is 0 Å². The van der Waals surface area contributed by atoms with Crippen LogP contribution in [0.5, 0.6) is 0 Å². The number of rotatable bonds is 3. The minimum Gasteiger partial charge on any atom is -0.460 e. The van der Waals surface area contributed by atoms with E-state index in [4.69, 9.17) is 18.9 Å². The first-order valence-corrected chi connectivity index (χ1v) is 7.37. The van der Waals surface area contributed by atoms with Crippen molar-refractivity contribution in [1.82, 2.24) is 0 Å². The van der Waals surface area contributed by atoms with Crippen LogP contribution in [0.3, 0.4) is 0 Å². The van der Waals surface area contributed by atoms with Crippen LogP contribution < -0.4 is 0 Å². The van der Waals surface area contributed by atoms with Gasteiger partial charge in [0.2, 0.25) is 0 Å². The van der Waals surface area contributed by atoms with Gasteiger partial charge in [-0.15, -0.1) is 0 Å². The van der Waals surface area contributed by atoms with Crippen molar-refractivity contribution in [3.63, 3.8) is 0 Å². The van der Waals surface area contributed by atoms with E-state index in [-0.39, 0.29) is 25.1 Å². The first-order valence-electron chi connectivity index (χ1n) is 7.37. The van der Waals surface area contributed by atoms with Crippen LogP contribution in [0.1, 0.15) is 33.1 Å². The van der Waals surface area contributed by atoms with E-state index < -0.39 is 11.9 Å². The van der Waals surface area contributed by atoms with Crippen LogP contribution in [0.2, 0.25) is 0 Å². The molecule has 22 heavy (non-hydrogen) atoms. The van der Waals surface area contributed by atoms with Gasteiger partial charge >= 0.3 is 11.9 Å². The summed E-state index contributed by atoms with van der Waals surface area (Å²) in [7, 11) is 1.53. The molecular formula is C16H24O6. The Morgan fingerprint density at radius 1 is 1.09 bits per heavy atom. The molecule has 124 valence electrons. The molecule has 0 spiro atoms. The van der Waals surface area contributed by atoms with Crippen LogP contribution in [0.25, 0.3) is 0 Å². The van der Waals surface area contributed by atoms with Crippen molar-refractivity contribution in [1.29, 1.82) is 0 Å². The second-order valence-electron chi connectivity index (χ2n) is 5.18. The van der Waals surface area contributed by atoms with Gasteiger partial charge < -0.3 is 18.9 Å². The largest absolute Gasteiger partial charge is 0.460 e. The van der Waals surface area contributed by atoms with Crippen molar-refractivity contribution < 1.29 is 28.5 Å². The maximum absolute atomic E-state index is 11.7. The predicted octanol–water partition coefficient (Wildman–Crippen LogP) is 2.14. The van der Waals surface area contributed by atoms with Crippen LogP contribution in [-0.4, -0.2) is 44.2 Å². The van der Waals surface area contributed by atoms with Crippen molar-refractivity contribution in [3.05, 3.63) is 24.3 Å². The Hall–Kier alpha value is -1.66. The Kier molecular flexibility index (Phi) is 8.47. The van der Waals surface area contributed by atoms with E-state index in [0.29, 0.717) is 19.3 Å². The van der Waals surface area contributed by atoms with E-state index in [0.717, 1.165) is 0 Å². The first kappa shape index (κ1) is 18.4. The minimum atomic E-state index is -0.431. The number of ether oxygens (including phenoxy) is 4. The molecule has 0 aromatic heterocycles. The lowest BCUT2D eigenvalue weighted by Gasteiger charge is -2.17. The minimum absolute atomic E-state index is 0.122. The molecule has 0 saturated heterocycles. The summed E-state index contributed by atoms with van der Waals surface area (Å²) in [5.41, 5.74) is 0. The molecule has 3 atom stereocenters. The maximum Gasteiger partial charge on any atom is 0.330 e. The number of esters is 2. The van der Waals surface area contributed by atoms with Crippen molar-refractivity contribution in [2.75, 3.05) is 13.9 Å². The highest BCUT2D eigenvalue weighted by atomic mass is 16.7. The Bertz CT molecular complexity index is 415. The number of cyclic esters (lactones) is 2. The summed E-state index contributed by atoms with van der Waals surface area (Å²) >= 11 is 0. The van der Waals surface area contributed by atoms with Crippen LogP contribution >= 0.6 is 0 Å². The molecular weight excluding hydrogens is 288 g/mol. The Morgan fingerprint density at radius 2 is 1.77 bits per heavy atom. The van der Waals surface area contributed by atoms with Gasteiger partial charge in [-0.25, -0.2) is 9.59 Å². The molecule has 0 aromatic carbocycles. The third kappa shape index (κ3) is 7.95. The number of hydrogen-bond donors (Lipinski definition) is 0. The predicted molar refractivity (Wildman–Crippen MR) is 80.0 cm³/mol. The molecule has 1 heterocycles. The third-order valence-electron chi connectivity index (χ3n) is 3.06. The molecule has 6 heteroatoms. The zero-order chi connectivity index (χ0) is 16.4. The van der Waals surface area contributed by atoms with Gasteiger partial charge in [-0.05, 0) is 32.8 Å².